The third kappa shape index (κ3) is 3.77. The smallest absolute Gasteiger partial charge is 0.417 e. The summed E-state index contributed by atoms with van der Waals surface area (Å²) in [6.07, 6.45) is -10.6. The maximum Gasteiger partial charge on any atom is 0.417 e. The summed E-state index contributed by atoms with van der Waals surface area (Å²) in [4.78, 5) is 11.4. The number of anilines is 1. The average Bonchev–Trinajstić information content (AvgIpc) is 2.60. The molecule has 27 heavy (non-hydrogen) atoms. The van der Waals surface area contributed by atoms with Crippen molar-refractivity contribution in [3.8, 4) is 0 Å². The number of nitrogens with one attached hydrogen (secondary N) is 1. The van der Waals surface area contributed by atoms with Crippen LogP contribution in [-0.2, 0) is 10.9 Å². The van der Waals surface area contributed by atoms with Gasteiger partial charge >= 0.3 is 11.8 Å². The molecule has 5 N–H and O–H groups in total. The number of rotatable bonds is 3. The van der Waals surface area contributed by atoms with Crippen LogP contribution in [0.3, 0.4) is 0 Å². The maximum absolute atomic E-state index is 13.1. The van der Waals surface area contributed by atoms with Crippen molar-refractivity contribution in [2.75, 3.05) is 11.9 Å². The van der Waals surface area contributed by atoms with Crippen molar-refractivity contribution in [1.29, 1.82) is 0 Å². The van der Waals surface area contributed by atoms with Crippen LogP contribution < -0.4 is 10.9 Å². The Morgan fingerprint density at radius 1 is 1.11 bits per heavy atom. The number of benzene rings is 1. The molecule has 3 rings (SSSR count). The molecule has 2 aromatic rings. The van der Waals surface area contributed by atoms with Crippen molar-refractivity contribution in [2.45, 2.75) is 36.8 Å². The van der Waals surface area contributed by atoms with Gasteiger partial charge < -0.3 is 34.9 Å². The summed E-state index contributed by atoms with van der Waals surface area (Å²) in [5.74, 6) is 0. The van der Waals surface area contributed by atoms with Crippen LogP contribution in [-0.4, -0.2) is 57.7 Å². The van der Waals surface area contributed by atoms with Crippen molar-refractivity contribution in [1.82, 2.24) is 0 Å². The molecule has 11 heteroatoms. The first-order chi connectivity index (χ1) is 12.6. The van der Waals surface area contributed by atoms with E-state index in [0.29, 0.717) is 6.07 Å². The van der Waals surface area contributed by atoms with E-state index in [9.17, 15) is 33.3 Å². The normalized spacial score (nSPS) is 29.1. The van der Waals surface area contributed by atoms with Crippen molar-refractivity contribution in [3.63, 3.8) is 0 Å². The topological polar surface area (TPSA) is 132 Å². The minimum atomic E-state index is -4.75. The number of hydrogen-bond acceptors (Lipinski definition) is 8. The van der Waals surface area contributed by atoms with Crippen molar-refractivity contribution in [3.05, 3.63) is 40.2 Å². The second kappa shape index (κ2) is 7.09. The van der Waals surface area contributed by atoms with Gasteiger partial charge in [0.05, 0.1) is 12.2 Å². The van der Waals surface area contributed by atoms with E-state index in [1.165, 1.54) is 6.07 Å². The zero-order valence-corrected chi connectivity index (χ0v) is 13.6. The van der Waals surface area contributed by atoms with E-state index in [2.05, 4.69) is 5.32 Å². The van der Waals surface area contributed by atoms with E-state index in [-0.39, 0.29) is 16.7 Å². The van der Waals surface area contributed by atoms with Gasteiger partial charge in [-0.25, -0.2) is 4.79 Å². The summed E-state index contributed by atoms with van der Waals surface area (Å²) in [5.41, 5.74) is -2.59. The van der Waals surface area contributed by atoms with Crippen LogP contribution in [0.15, 0.2) is 33.5 Å². The molecule has 1 aromatic heterocycles. The van der Waals surface area contributed by atoms with Crippen LogP contribution in [0.25, 0.3) is 11.0 Å². The summed E-state index contributed by atoms with van der Waals surface area (Å²) < 4.78 is 49.0. The molecule has 1 aromatic carbocycles. The van der Waals surface area contributed by atoms with Gasteiger partial charge in [-0.3, -0.25) is 0 Å². The lowest BCUT2D eigenvalue weighted by Crippen LogP contribution is -2.61. The third-order valence-electron chi connectivity index (χ3n) is 4.28. The summed E-state index contributed by atoms with van der Waals surface area (Å²) in [5, 5.41) is 41.2. The van der Waals surface area contributed by atoms with Crippen LogP contribution in [0.1, 0.15) is 5.56 Å². The van der Waals surface area contributed by atoms with Crippen LogP contribution in [0, 0.1) is 0 Å². The predicted molar refractivity (Wildman–Crippen MR) is 84.9 cm³/mol. The number of ether oxygens (including phenoxy) is 1. The zero-order chi connectivity index (χ0) is 19.9. The molecule has 0 bridgehead atoms. The molecule has 1 aliphatic heterocycles. The summed E-state index contributed by atoms with van der Waals surface area (Å²) in [6.45, 7) is -0.636. The molecule has 8 nitrogen and oxygen atoms in total. The number of hydrogen-bond donors (Lipinski definition) is 5. The Kier molecular flexibility index (Phi) is 5.14. The van der Waals surface area contributed by atoms with Gasteiger partial charge in [0, 0.05) is 23.2 Å². The molecular weight excluding hydrogens is 375 g/mol. The van der Waals surface area contributed by atoms with E-state index in [1.54, 1.807) is 0 Å². The standard InChI is InChI=1S/C16H16F3NO7/c17-16(18,19)8-4-11(22)26-9-3-6(1-2-7(8)9)20-12-14(24)13(23)10(5-21)27-15(12)25/h1-4,10,12-15,20-21,23-25H,5H2/t10?,12?,13-,14-,15?/m0/s1. The van der Waals surface area contributed by atoms with Crippen LogP contribution >= 0.6 is 0 Å². The summed E-state index contributed by atoms with van der Waals surface area (Å²) in [7, 11) is 0. The van der Waals surface area contributed by atoms with Crippen molar-refractivity contribution in [2.24, 2.45) is 0 Å². The molecule has 0 saturated carbocycles. The highest BCUT2D eigenvalue weighted by atomic mass is 19.4. The Labute approximate surface area is 149 Å². The van der Waals surface area contributed by atoms with E-state index >= 15 is 0 Å². The number of aliphatic hydroxyl groups excluding tert-OH is 4. The molecule has 3 unspecified atom stereocenters. The Hall–Kier alpha value is -2.18. The summed E-state index contributed by atoms with van der Waals surface area (Å²) in [6, 6.07) is 2.48. The van der Waals surface area contributed by atoms with Gasteiger partial charge in [0.15, 0.2) is 6.29 Å². The minimum Gasteiger partial charge on any atom is -0.423 e. The first-order valence-corrected chi connectivity index (χ1v) is 7.84. The molecule has 148 valence electrons. The lowest BCUT2D eigenvalue weighted by molar-refractivity contribution is -0.245. The molecule has 0 amide bonds. The second-order valence-electron chi connectivity index (χ2n) is 6.09. The fourth-order valence-electron chi connectivity index (χ4n) is 2.93. The van der Waals surface area contributed by atoms with E-state index in [4.69, 9.17) is 14.3 Å². The number of fused-ring (bicyclic) bond motifs is 1. The highest BCUT2D eigenvalue weighted by molar-refractivity contribution is 5.84. The fraction of sp³-hybridized carbons (Fsp3) is 0.438. The summed E-state index contributed by atoms with van der Waals surface area (Å²) >= 11 is 0. The number of halogens is 3. The third-order valence-corrected chi connectivity index (χ3v) is 4.28. The van der Waals surface area contributed by atoms with Gasteiger partial charge in [0.1, 0.15) is 29.9 Å². The Balaban J connectivity index is 1.93. The highest BCUT2D eigenvalue weighted by Gasteiger charge is 2.43. The molecule has 5 atom stereocenters. The SMILES string of the molecule is O=c1cc(C(F)(F)F)c2ccc(NC3C(O)OC(CO)[C@H](O)[C@H]3O)cc2o1. The Morgan fingerprint density at radius 2 is 1.81 bits per heavy atom. The molecule has 0 radical (unpaired) electrons. The van der Waals surface area contributed by atoms with Gasteiger partial charge in [-0.15, -0.1) is 0 Å². The number of alkyl halides is 3. The van der Waals surface area contributed by atoms with Crippen LogP contribution in [0.5, 0.6) is 0 Å². The Bertz CT molecular complexity index is 884. The molecule has 1 saturated heterocycles. The molecule has 1 fully saturated rings. The monoisotopic (exact) mass is 391 g/mol. The lowest BCUT2D eigenvalue weighted by atomic mass is 9.96. The molecule has 0 spiro atoms. The van der Waals surface area contributed by atoms with Gasteiger partial charge in [0.2, 0.25) is 0 Å². The average molecular weight is 391 g/mol. The molecular formula is C16H16F3NO7. The van der Waals surface area contributed by atoms with E-state index in [0.717, 1.165) is 12.1 Å². The van der Waals surface area contributed by atoms with Gasteiger partial charge in [-0.1, -0.05) is 0 Å². The predicted octanol–water partition coefficient (Wildman–Crippen LogP) is 0.0236. The zero-order valence-electron chi connectivity index (χ0n) is 13.6. The second-order valence-corrected chi connectivity index (χ2v) is 6.09. The van der Waals surface area contributed by atoms with Gasteiger partial charge in [-0.05, 0) is 12.1 Å². The van der Waals surface area contributed by atoms with E-state index < -0.39 is 54.6 Å². The first-order valence-electron chi connectivity index (χ1n) is 7.84. The minimum absolute atomic E-state index is 0.103. The quantitative estimate of drug-likeness (QED) is 0.463. The Morgan fingerprint density at radius 3 is 2.44 bits per heavy atom. The molecule has 0 aliphatic carbocycles. The maximum atomic E-state index is 13.1. The van der Waals surface area contributed by atoms with Gasteiger partial charge in [0.25, 0.3) is 0 Å². The van der Waals surface area contributed by atoms with E-state index in [1.807, 2.05) is 0 Å². The number of aliphatic hydroxyl groups is 4. The largest absolute Gasteiger partial charge is 0.423 e. The highest BCUT2D eigenvalue weighted by Crippen LogP contribution is 2.35. The first kappa shape index (κ1) is 19.6. The van der Waals surface area contributed by atoms with Crippen LogP contribution in [0.2, 0.25) is 0 Å². The van der Waals surface area contributed by atoms with Crippen LogP contribution in [0.4, 0.5) is 18.9 Å². The van der Waals surface area contributed by atoms with Gasteiger partial charge in [-0.2, -0.15) is 13.2 Å². The molecule has 1 aliphatic rings. The lowest BCUT2D eigenvalue weighted by Gasteiger charge is -2.40. The fourth-order valence-corrected chi connectivity index (χ4v) is 2.93. The molecule has 2 heterocycles. The van der Waals surface area contributed by atoms with Crippen molar-refractivity contribution < 1.29 is 42.8 Å². The van der Waals surface area contributed by atoms with Crippen molar-refractivity contribution >= 4 is 16.7 Å².